The maximum atomic E-state index is 11.2. The number of carbonyl (C=O) groups excluding carboxylic acids is 1. The lowest BCUT2D eigenvalue weighted by Crippen LogP contribution is -2.28. The van der Waals surface area contributed by atoms with Crippen LogP contribution in [0.1, 0.15) is 12.0 Å². The maximum Gasteiger partial charge on any atom is 0.222 e. The van der Waals surface area contributed by atoms with Crippen LogP contribution in [0.25, 0.3) is 0 Å². The number of hydrogen-bond acceptors (Lipinski definition) is 3. The molecule has 5 heteroatoms. The lowest BCUT2D eigenvalue weighted by atomic mass is 10.1. The van der Waals surface area contributed by atoms with Gasteiger partial charge in [0.15, 0.2) is 0 Å². The number of amides is 1. The Labute approximate surface area is 112 Å². The fourth-order valence-corrected chi connectivity index (χ4v) is 2.76. The third-order valence-corrected chi connectivity index (χ3v) is 3.65. The van der Waals surface area contributed by atoms with Crippen LogP contribution >= 0.6 is 11.6 Å². The summed E-state index contributed by atoms with van der Waals surface area (Å²) >= 11 is 6.29. The first-order valence-electron chi connectivity index (χ1n) is 6.09. The van der Waals surface area contributed by atoms with Crippen molar-refractivity contribution in [3.63, 3.8) is 0 Å². The van der Waals surface area contributed by atoms with Gasteiger partial charge in [-0.3, -0.25) is 4.79 Å². The summed E-state index contributed by atoms with van der Waals surface area (Å²) in [5.74, 6) is -0.288. The average Bonchev–Trinajstić information content (AvgIpc) is 2.79. The highest BCUT2D eigenvalue weighted by atomic mass is 35.5. The molecule has 1 atom stereocenters. The van der Waals surface area contributed by atoms with Crippen molar-refractivity contribution in [2.45, 2.75) is 13.0 Å². The lowest BCUT2D eigenvalue weighted by Gasteiger charge is -2.23. The Kier molecular flexibility index (Phi) is 4.09. The minimum atomic E-state index is -0.222. The van der Waals surface area contributed by atoms with E-state index >= 15 is 0 Å². The molecule has 0 spiro atoms. The van der Waals surface area contributed by atoms with Crippen LogP contribution in [0.4, 0.5) is 5.69 Å². The number of nitrogens with zero attached hydrogens (tertiary/aromatic N) is 1. The van der Waals surface area contributed by atoms with Gasteiger partial charge < -0.3 is 16.0 Å². The normalized spacial score (nSPS) is 19.2. The number of benzene rings is 1. The van der Waals surface area contributed by atoms with Crippen LogP contribution in [0, 0.1) is 5.92 Å². The minimum Gasteiger partial charge on any atom is -0.369 e. The summed E-state index contributed by atoms with van der Waals surface area (Å²) in [6, 6.07) is 5.88. The Morgan fingerprint density at radius 3 is 3.00 bits per heavy atom. The van der Waals surface area contributed by atoms with Crippen LogP contribution in [0.15, 0.2) is 18.2 Å². The van der Waals surface area contributed by atoms with E-state index in [9.17, 15) is 4.79 Å². The van der Waals surface area contributed by atoms with Gasteiger partial charge in [0.05, 0.1) is 16.6 Å². The molecule has 18 heavy (non-hydrogen) atoms. The van der Waals surface area contributed by atoms with Gasteiger partial charge in [-0.1, -0.05) is 23.7 Å². The van der Waals surface area contributed by atoms with Gasteiger partial charge in [-0.2, -0.15) is 0 Å². The van der Waals surface area contributed by atoms with Crippen LogP contribution in [-0.2, 0) is 11.3 Å². The lowest BCUT2D eigenvalue weighted by molar-refractivity contribution is -0.121. The Balaban J connectivity index is 2.25. The highest BCUT2D eigenvalue weighted by Crippen LogP contribution is 2.33. The second-order valence-corrected chi connectivity index (χ2v) is 5.02. The molecule has 1 fully saturated rings. The smallest absolute Gasteiger partial charge is 0.222 e. The zero-order valence-electron chi connectivity index (χ0n) is 10.4. The van der Waals surface area contributed by atoms with E-state index in [0.29, 0.717) is 6.54 Å². The molecule has 0 saturated carbocycles. The topological polar surface area (TPSA) is 58.4 Å². The van der Waals surface area contributed by atoms with Crippen molar-refractivity contribution in [2.24, 2.45) is 11.7 Å². The van der Waals surface area contributed by atoms with Crippen LogP contribution in [0.3, 0.4) is 0 Å². The number of nitrogens with one attached hydrogen (secondary N) is 1. The third-order valence-electron chi connectivity index (χ3n) is 3.34. The predicted molar refractivity (Wildman–Crippen MR) is 73.7 cm³/mol. The summed E-state index contributed by atoms with van der Waals surface area (Å²) in [4.78, 5) is 13.4. The molecule has 1 aromatic rings. The molecule has 1 aromatic carbocycles. The van der Waals surface area contributed by atoms with Gasteiger partial charge in [-0.25, -0.2) is 0 Å². The molecule has 1 saturated heterocycles. The number of rotatable bonds is 4. The number of para-hydroxylation sites is 1. The molecule has 0 bridgehead atoms. The van der Waals surface area contributed by atoms with E-state index in [4.69, 9.17) is 17.3 Å². The van der Waals surface area contributed by atoms with Crippen molar-refractivity contribution in [2.75, 3.05) is 25.0 Å². The highest BCUT2D eigenvalue weighted by Gasteiger charge is 2.28. The molecule has 4 nitrogen and oxygen atoms in total. The van der Waals surface area contributed by atoms with Crippen LogP contribution in [0.5, 0.6) is 0 Å². The van der Waals surface area contributed by atoms with Crippen LogP contribution in [0.2, 0.25) is 5.02 Å². The van der Waals surface area contributed by atoms with Crippen molar-refractivity contribution < 1.29 is 4.79 Å². The summed E-state index contributed by atoms with van der Waals surface area (Å²) in [6.45, 7) is 2.25. The van der Waals surface area contributed by atoms with Crippen molar-refractivity contribution in [3.05, 3.63) is 28.8 Å². The molecule has 2 rings (SSSR count). The molecular weight excluding hydrogens is 250 g/mol. The standard InChI is InChI=1S/C13H18ClN3O/c1-16-7-9-3-2-4-11(14)12(9)17-6-5-10(8-17)13(15)18/h2-4,10,16H,5-8H2,1H3,(H2,15,18). The van der Waals surface area contributed by atoms with Gasteiger partial charge in [0, 0.05) is 19.6 Å². The van der Waals surface area contributed by atoms with Crippen molar-refractivity contribution >= 4 is 23.2 Å². The second-order valence-electron chi connectivity index (χ2n) is 4.61. The summed E-state index contributed by atoms with van der Waals surface area (Å²) in [7, 11) is 1.90. The zero-order chi connectivity index (χ0) is 13.1. The van der Waals surface area contributed by atoms with Gasteiger partial charge >= 0.3 is 0 Å². The van der Waals surface area contributed by atoms with E-state index in [1.165, 1.54) is 0 Å². The molecule has 1 aliphatic rings. The van der Waals surface area contributed by atoms with E-state index in [1.807, 2.05) is 19.2 Å². The van der Waals surface area contributed by atoms with E-state index < -0.39 is 0 Å². The van der Waals surface area contributed by atoms with Gasteiger partial charge in [-0.05, 0) is 25.1 Å². The van der Waals surface area contributed by atoms with E-state index in [2.05, 4.69) is 16.3 Å². The first-order valence-corrected chi connectivity index (χ1v) is 6.47. The number of halogens is 1. The van der Waals surface area contributed by atoms with Gasteiger partial charge in [0.2, 0.25) is 5.91 Å². The third kappa shape index (κ3) is 2.60. The summed E-state index contributed by atoms with van der Waals surface area (Å²) in [5.41, 5.74) is 7.54. The quantitative estimate of drug-likeness (QED) is 0.866. The van der Waals surface area contributed by atoms with E-state index in [0.717, 1.165) is 35.8 Å². The zero-order valence-corrected chi connectivity index (χ0v) is 11.2. The Bertz CT molecular complexity index is 450. The van der Waals surface area contributed by atoms with Gasteiger partial charge in [0.25, 0.3) is 0 Å². The molecule has 1 amide bonds. The van der Waals surface area contributed by atoms with Crippen molar-refractivity contribution in [1.29, 1.82) is 0 Å². The number of hydrogen-bond donors (Lipinski definition) is 2. The monoisotopic (exact) mass is 267 g/mol. The van der Waals surface area contributed by atoms with E-state index in [1.54, 1.807) is 0 Å². The SMILES string of the molecule is CNCc1cccc(Cl)c1N1CCC(C(N)=O)C1. The summed E-state index contributed by atoms with van der Waals surface area (Å²) in [6.07, 6.45) is 0.805. The molecule has 1 aliphatic heterocycles. The largest absolute Gasteiger partial charge is 0.369 e. The summed E-state index contributed by atoms with van der Waals surface area (Å²) < 4.78 is 0. The molecular formula is C13H18ClN3O. The number of anilines is 1. The van der Waals surface area contributed by atoms with Crippen LogP contribution in [-0.4, -0.2) is 26.0 Å². The fourth-order valence-electron chi connectivity index (χ4n) is 2.44. The summed E-state index contributed by atoms with van der Waals surface area (Å²) in [5, 5.41) is 3.86. The number of carbonyl (C=O) groups is 1. The maximum absolute atomic E-state index is 11.2. The molecule has 3 N–H and O–H groups in total. The molecule has 0 aromatic heterocycles. The minimum absolute atomic E-state index is 0.0660. The first-order chi connectivity index (χ1) is 8.63. The van der Waals surface area contributed by atoms with Gasteiger partial charge in [0.1, 0.15) is 0 Å². The molecule has 0 aliphatic carbocycles. The predicted octanol–water partition coefficient (Wildman–Crippen LogP) is 1.37. The van der Waals surface area contributed by atoms with Crippen molar-refractivity contribution in [1.82, 2.24) is 5.32 Å². The molecule has 1 unspecified atom stereocenters. The van der Waals surface area contributed by atoms with Crippen LogP contribution < -0.4 is 16.0 Å². The highest BCUT2D eigenvalue weighted by molar-refractivity contribution is 6.33. The Morgan fingerprint density at radius 1 is 1.61 bits per heavy atom. The second kappa shape index (κ2) is 5.59. The fraction of sp³-hybridized carbons (Fsp3) is 0.462. The van der Waals surface area contributed by atoms with Gasteiger partial charge in [-0.15, -0.1) is 0 Å². The molecule has 1 heterocycles. The Hall–Kier alpha value is -1.26. The number of primary amides is 1. The average molecular weight is 268 g/mol. The number of nitrogens with two attached hydrogens (primary N) is 1. The Morgan fingerprint density at radius 2 is 2.39 bits per heavy atom. The van der Waals surface area contributed by atoms with E-state index in [-0.39, 0.29) is 11.8 Å². The first kappa shape index (κ1) is 13.2. The van der Waals surface area contributed by atoms with Crippen molar-refractivity contribution in [3.8, 4) is 0 Å². The molecule has 98 valence electrons. The molecule has 0 radical (unpaired) electrons.